The summed E-state index contributed by atoms with van der Waals surface area (Å²) in [6.07, 6.45) is 1.06. The second kappa shape index (κ2) is 8.09. The van der Waals surface area contributed by atoms with Gasteiger partial charge in [0.05, 0.1) is 11.4 Å². The molecule has 0 unspecified atom stereocenters. The second-order valence-corrected chi connectivity index (χ2v) is 6.96. The summed E-state index contributed by atoms with van der Waals surface area (Å²) >= 11 is 0. The van der Waals surface area contributed by atoms with Gasteiger partial charge in [-0.15, -0.1) is 0 Å². The smallest absolute Gasteiger partial charge is 0.329 e. The lowest BCUT2D eigenvalue weighted by Crippen LogP contribution is -1.97. The van der Waals surface area contributed by atoms with Crippen LogP contribution in [0.3, 0.4) is 0 Å². The molecule has 148 valence electrons. The maximum absolute atomic E-state index is 11.6. The number of carboxylic acid groups (broad SMARTS) is 1. The van der Waals surface area contributed by atoms with E-state index in [1.807, 2.05) is 73.7 Å². The van der Waals surface area contributed by atoms with Gasteiger partial charge in [-0.3, -0.25) is 0 Å². The van der Waals surface area contributed by atoms with Gasteiger partial charge in [0.1, 0.15) is 11.6 Å². The Morgan fingerprint density at radius 1 is 0.933 bits per heavy atom. The highest BCUT2D eigenvalue weighted by molar-refractivity contribution is 5.96. The number of carbonyl (C=O) groups is 1. The first kappa shape index (κ1) is 19.2. The van der Waals surface area contributed by atoms with E-state index in [2.05, 4.69) is 4.98 Å². The van der Waals surface area contributed by atoms with E-state index in [0.717, 1.165) is 28.5 Å². The summed E-state index contributed by atoms with van der Waals surface area (Å²) < 4.78 is 0. The van der Waals surface area contributed by atoms with Crippen molar-refractivity contribution in [2.45, 2.75) is 6.92 Å². The Morgan fingerprint density at radius 3 is 2.17 bits per heavy atom. The van der Waals surface area contributed by atoms with Crippen molar-refractivity contribution in [2.24, 2.45) is 0 Å². The third-order valence-electron chi connectivity index (χ3n) is 4.78. The van der Waals surface area contributed by atoms with Gasteiger partial charge in [0.25, 0.3) is 0 Å². The molecule has 3 N–H and O–H groups in total. The minimum absolute atomic E-state index is 0.00132. The molecule has 0 amide bonds. The Morgan fingerprint density at radius 2 is 1.57 bits per heavy atom. The van der Waals surface area contributed by atoms with Crippen molar-refractivity contribution in [3.05, 3.63) is 102 Å². The molecule has 5 nitrogen and oxygen atoms in total. The standard InChI is InChI=1S/C25H20N2O3/c1-16-12-13-19(21(28)14-16)20(15-22(29)30)25-26-23(17-8-4-2-5-9-17)24(27-25)18-10-6-3-7-11-18/h2-15,28H,1H3,(H,26,27)(H,29,30). The lowest BCUT2D eigenvalue weighted by atomic mass is 10.0. The van der Waals surface area contributed by atoms with Crippen molar-refractivity contribution in [1.29, 1.82) is 0 Å². The normalized spacial score (nSPS) is 11.4. The zero-order chi connectivity index (χ0) is 21.1. The van der Waals surface area contributed by atoms with Gasteiger partial charge in [0.15, 0.2) is 0 Å². The molecule has 1 heterocycles. The number of phenolic OH excluding ortho intramolecular Hbond substituents is 1. The monoisotopic (exact) mass is 396 g/mol. The average Bonchev–Trinajstić information content (AvgIpc) is 3.19. The van der Waals surface area contributed by atoms with Gasteiger partial charge < -0.3 is 15.2 Å². The van der Waals surface area contributed by atoms with E-state index < -0.39 is 5.97 Å². The second-order valence-electron chi connectivity index (χ2n) is 6.96. The van der Waals surface area contributed by atoms with E-state index >= 15 is 0 Å². The maximum atomic E-state index is 11.6. The number of aromatic hydroxyl groups is 1. The van der Waals surface area contributed by atoms with Crippen LogP contribution >= 0.6 is 0 Å². The molecule has 0 saturated heterocycles. The number of imidazole rings is 1. The predicted octanol–water partition coefficient (Wildman–Crippen LogP) is 5.27. The van der Waals surface area contributed by atoms with Crippen LogP contribution in [0.2, 0.25) is 0 Å². The van der Waals surface area contributed by atoms with E-state index in [-0.39, 0.29) is 5.75 Å². The van der Waals surface area contributed by atoms with Crippen molar-refractivity contribution in [2.75, 3.05) is 0 Å². The summed E-state index contributed by atoms with van der Waals surface area (Å²) in [4.78, 5) is 19.6. The summed E-state index contributed by atoms with van der Waals surface area (Å²) in [6.45, 7) is 1.86. The minimum atomic E-state index is -1.12. The molecule has 4 aromatic rings. The lowest BCUT2D eigenvalue weighted by Gasteiger charge is -2.08. The number of H-pyrrole nitrogens is 1. The molecule has 3 aromatic carbocycles. The highest BCUT2D eigenvalue weighted by atomic mass is 16.4. The highest BCUT2D eigenvalue weighted by Crippen LogP contribution is 2.35. The first-order chi connectivity index (χ1) is 14.5. The van der Waals surface area contributed by atoms with Crippen molar-refractivity contribution in [3.8, 4) is 28.3 Å². The zero-order valence-electron chi connectivity index (χ0n) is 16.3. The Kier molecular flexibility index (Phi) is 5.18. The van der Waals surface area contributed by atoms with Gasteiger partial charge in [-0.25, -0.2) is 9.78 Å². The molecule has 0 spiro atoms. The third kappa shape index (κ3) is 3.86. The van der Waals surface area contributed by atoms with Crippen LogP contribution in [-0.4, -0.2) is 26.2 Å². The topological polar surface area (TPSA) is 86.2 Å². The van der Waals surface area contributed by atoms with Crippen LogP contribution < -0.4 is 0 Å². The van der Waals surface area contributed by atoms with Crippen molar-refractivity contribution >= 4 is 11.5 Å². The van der Waals surface area contributed by atoms with Crippen LogP contribution in [0.25, 0.3) is 28.1 Å². The Bertz CT molecular complexity index is 1170. The Hall–Kier alpha value is -4.12. The molecule has 4 rings (SSSR count). The van der Waals surface area contributed by atoms with Gasteiger partial charge in [-0.05, 0) is 18.6 Å². The largest absolute Gasteiger partial charge is 0.507 e. The number of aliphatic carboxylic acids is 1. The van der Waals surface area contributed by atoms with Crippen LogP contribution in [0.15, 0.2) is 84.9 Å². The molecule has 0 bridgehead atoms. The molecule has 0 fully saturated rings. The highest BCUT2D eigenvalue weighted by Gasteiger charge is 2.20. The van der Waals surface area contributed by atoms with Crippen molar-refractivity contribution < 1.29 is 15.0 Å². The maximum Gasteiger partial charge on any atom is 0.329 e. The molecule has 0 aliphatic rings. The summed E-state index contributed by atoms with van der Waals surface area (Å²) in [5.74, 6) is -0.750. The third-order valence-corrected chi connectivity index (χ3v) is 4.78. The van der Waals surface area contributed by atoms with E-state index in [1.54, 1.807) is 12.1 Å². The number of hydrogen-bond donors (Lipinski definition) is 3. The molecule has 5 heteroatoms. The van der Waals surface area contributed by atoms with Gasteiger partial charge in [0, 0.05) is 28.3 Å². The molecular formula is C25H20N2O3. The van der Waals surface area contributed by atoms with Crippen LogP contribution in [0.4, 0.5) is 0 Å². The molecule has 0 saturated carbocycles. The number of nitrogens with zero attached hydrogens (tertiary/aromatic N) is 1. The predicted molar refractivity (Wildman–Crippen MR) is 117 cm³/mol. The van der Waals surface area contributed by atoms with Gasteiger partial charge in [-0.1, -0.05) is 72.8 Å². The van der Waals surface area contributed by atoms with Crippen molar-refractivity contribution in [1.82, 2.24) is 9.97 Å². The van der Waals surface area contributed by atoms with Crippen LogP contribution in [-0.2, 0) is 4.79 Å². The number of aromatic nitrogens is 2. The summed E-state index contributed by atoms with van der Waals surface area (Å²) in [5, 5.41) is 19.9. The van der Waals surface area contributed by atoms with Gasteiger partial charge in [0.2, 0.25) is 0 Å². The number of carboxylic acids is 1. The Labute approximate surface area is 174 Å². The van der Waals surface area contributed by atoms with Gasteiger partial charge in [-0.2, -0.15) is 0 Å². The van der Waals surface area contributed by atoms with E-state index in [9.17, 15) is 15.0 Å². The fourth-order valence-corrected chi connectivity index (χ4v) is 3.39. The first-order valence-corrected chi connectivity index (χ1v) is 9.49. The van der Waals surface area contributed by atoms with Crippen LogP contribution in [0.1, 0.15) is 17.0 Å². The fourth-order valence-electron chi connectivity index (χ4n) is 3.39. The molecule has 0 radical (unpaired) electrons. The number of aryl methyl sites for hydroxylation is 1. The average molecular weight is 396 g/mol. The number of aromatic amines is 1. The molecular weight excluding hydrogens is 376 g/mol. The van der Waals surface area contributed by atoms with Crippen molar-refractivity contribution in [3.63, 3.8) is 0 Å². The lowest BCUT2D eigenvalue weighted by molar-refractivity contribution is -0.131. The number of nitrogens with one attached hydrogen (secondary N) is 1. The number of hydrogen-bond acceptors (Lipinski definition) is 3. The summed E-state index contributed by atoms with van der Waals surface area (Å²) in [5.41, 5.74) is 4.90. The molecule has 0 aliphatic carbocycles. The van der Waals surface area contributed by atoms with E-state index in [1.165, 1.54) is 0 Å². The first-order valence-electron chi connectivity index (χ1n) is 9.49. The molecule has 0 atom stereocenters. The zero-order valence-corrected chi connectivity index (χ0v) is 16.3. The molecule has 30 heavy (non-hydrogen) atoms. The number of phenols is 1. The number of rotatable bonds is 5. The van der Waals surface area contributed by atoms with E-state index in [4.69, 9.17) is 4.98 Å². The fraction of sp³-hybridized carbons (Fsp3) is 0.0400. The SMILES string of the molecule is Cc1ccc(C(=CC(=O)O)c2nc(-c3ccccc3)c(-c3ccccc3)[nH]2)c(O)c1. The van der Waals surface area contributed by atoms with Crippen LogP contribution in [0, 0.1) is 6.92 Å². The van der Waals surface area contributed by atoms with Gasteiger partial charge >= 0.3 is 5.97 Å². The Balaban J connectivity index is 1.95. The summed E-state index contributed by atoms with van der Waals surface area (Å²) in [6, 6.07) is 24.6. The number of benzene rings is 3. The summed E-state index contributed by atoms with van der Waals surface area (Å²) in [7, 11) is 0. The van der Waals surface area contributed by atoms with E-state index in [0.29, 0.717) is 22.7 Å². The molecule has 1 aromatic heterocycles. The quantitative estimate of drug-likeness (QED) is 0.401. The minimum Gasteiger partial charge on any atom is -0.507 e. The molecule has 0 aliphatic heterocycles. The van der Waals surface area contributed by atoms with Crippen LogP contribution in [0.5, 0.6) is 5.75 Å².